The fourth-order valence-electron chi connectivity index (χ4n) is 4.08. The van der Waals surface area contributed by atoms with Crippen molar-refractivity contribution in [2.24, 2.45) is 5.92 Å². The molecule has 1 fully saturated rings. The summed E-state index contributed by atoms with van der Waals surface area (Å²) in [4.78, 5) is 28.9. The molecule has 2 aliphatic rings. The van der Waals surface area contributed by atoms with E-state index in [1.54, 1.807) is 4.90 Å². The number of rotatable bonds is 5. The zero-order valence-corrected chi connectivity index (χ0v) is 16.4. The Morgan fingerprint density at radius 2 is 2.11 bits per heavy atom. The Morgan fingerprint density at radius 1 is 1.32 bits per heavy atom. The number of nitrogens with one attached hydrogen (secondary N) is 2. The quantitative estimate of drug-likeness (QED) is 0.832. The summed E-state index contributed by atoms with van der Waals surface area (Å²) in [5.41, 5.74) is 3.44. The van der Waals surface area contributed by atoms with Gasteiger partial charge in [0.15, 0.2) is 5.82 Å². The molecule has 148 valence electrons. The van der Waals surface area contributed by atoms with Crippen LogP contribution in [0.2, 0.25) is 0 Å². The van der Waals surface area contributed by atoms with Crippen LogP contribution in [0.15, 0.2) is 30.3 Å². The molecule has 0 aliphatic carbocycles. The Labute approximate surface area is 165 Å². The lowest BCUT2D eigenvalue weighted by Crippen LogP contribution is -2.33. The molecule has 0 saturated carbocycles. The third kappa shape index (κ3) is 3.80. The second kappa shape index (κ2) is 7.75. The van der Waals surface area contributed by atoms with E-state index < -0.39 is 0 Å². The smallest absolute Gasteiger partial charge is 0.231 e. The van der Waals surface area contributed by atoms with Crippen molar-refractivity contribution in [2.75, 3.05) is 18.4 Å². The van der Waals surface area contributed by atoms with Crippen molar-refractivity contribution < 1.29 is 9.59 Å². The fourth-order valence-corrected chi connectivity index (χ4v) is 4.08. The van der Waals surface area contributed by atoms with Crippen molar-refractivity contribution in [3.8, 4) is 0 Å². The summed E-state index contributed by atoms with van der Waals surface area (Å²) >= 11 is 0. The van der Waals surface area contributed by atoms with Gasteiger partial charge < -0.3 is 10.2 Å². The van der Waals surface area contributed by atoms with Crippen LogP contribution in [-0.4, -0.2) is 50.9 Å². The molecule has 28 heavy (non-hydrogen) atoms. The first kappa shape index (κ1) is 18.7. The number of amides is 2. The fraction of sp³-hybridized carbons (Fsp3) is 0.476. The Morgan fingerprint density at radius 3 is 2.82 bits per heavy atom. The van der Waals surface area contributed by atoms with E-state index in [4.69, 9.17) is 0 Å². The Bertz CT molecular complexity index is 861. The number of aromatic nitrogens is 2. The van der Waals surface area contributed by atoms with Crippen LogP contribution in [0, 0.1) is 5.92 Å². The standard InChI is InChI=1S/C21H27N5O2/c1-14(2)26-12-16(10-19(26)27)21(28)22-20-17-8-9-25(13-18(17)23-24-20)11-15-6-4-3-5-7-15/h3-7,14,16H,8-13H2,1-2H3,(H2,22,23,24,28). The van der Waals surface area contributed by atoms with Crippen LogP contribution >= 0.6 is 0 Å². The Balaban J connectivity index is 1.38. The van der Waals surface area contributed by atoms with Crippen molar-refractivity contribution in [1.82, 2.24) is 20.0 Å². The average molecular weight is 381 g/mol. The van der Waals surface area contributed by atoms with Gasteiger partial charge in [-0.1, -0.05) is 30.3 Å². The normalized spacial score (nSPS) is 19.9. The maximum Gasteiger partial charge on any atom is 0.231 e. The zero-order chi connectivity index (χ0) is 19.7. The van der Waals surface area contributed by atoms with E-state index >= 15 is 0 Å². The van der Waals surface area contributed by atoms with E-state index in [9.17, 15) is 9.59 Å². The maximum atomic E-state index is 12.7. The van der Waals surface area contributed by atoms with Crippen LogP contribution in [0.3, 0.4) is 0 Å². The van der Waals surface area contributed by atoms with Crippen molar-refractivity contribution in [3.63, 3.8) is 0 Å². The molecule has 1 unspecified atom stereocenters. The minimum Gasteiger partial charge on any atom is -0.339 e. The number of anilines is 1. The van der Waals surface area contributed by atoms with E-state index in [1.807, 2.05) is 19.9 Å². The number of fused-ring (bicyclic) bond motifs is 1. The lowest BCUT2D eigenvalue weighted by molar-refractivity contribution is -0.129. The highest BCUT2D eigenvalue weighted by Crippen LogP contribution is 2.27. The first-order chi connectivity index (χ1) is 13.5. The number of hydrogen-bond acceptors (Lipinski definition) is 4. The summed E-state index contributed by atoms with van der Waals surface area (Å²) in [5.74, 6) is 0.253. The zero-order valence-electron chi connectivity index (χ0n) is 16.4. The number of carbonyl (C=O) groups is 2. The van der Waals surface area contributed by atoms with Crippen molar-refractivity contribution in [1.29, 1.82) is 0 Å². The molecule has 7 nitrogen and oxygen atoms in total. The first-order valence-corrected chi connectivity index (χ1v) is 9.94. The first-order valence-electron chi connectivity index (χ1n) is 9.94. The largest absolute Gasteiger partial charge is 0.339 e. The van der Waals surface area contributed by atoms with Crippen LogP contribution in [0.4, 0.5) is 5.82 Å². The topological polar surface area (TPSA) is 81.3 Å². The minimum atomic E-state index is -0.305. The van der Waals surface area contributed by atoms with Gasteiger partial charge in [-0.2, -0.15) is 5.10 Å². The van der Waals surface area contributed by atoms with Gasteiger partial charge in [-0.05, 0) is 25.8 Å². The van der Waals surface area contributed by atoms with Crippen LogP contribution < -0.4 is 5.32 Å². The molecule has 2 aromatic rings. The highest BCUT2D eigenvalue weighted by Gasteiger charge is 2.36. The predicted molar refractivity (Wildman–Crippen MR) is 106 cm³/mol. The molecular weight excluding hydrogens is 354 g/mol. The molecule has 2 amide bonds. The van der Waals surface area contributed by atoms with Gasteiger partial charge in [-0.25, -0.2) is 0 Å². The number of likely N-dealkylation sites (tertiary alicyclic amines) is 1. The number of carbonyl (C=O) groups excluding carboxylic acids is 2. The molecule has 2 N–H and O–H groups in total. The summed E-state index contributed by atoms with van der Waals surface area (Å²) < 4.78 is 0. The monoisotopic (exact) mass is 381 g/mol. The minimum absolute atomic E-state index is 0.0516. The number of nitrogens with zero attached hydrogens (tertiary/aromatic N) is 3. The van der Waals surface area contributed by atoms with Crippen LogP contribution in [0.5, 0.6) is 0 Å². The number of aromatic amines is 1. The predicted octanol–water partition coefficient (Wildman–Crippen LogP) is 2.16. The van der Waals surface area contributed by atoms with Gasteiger partial charge >= 0.3 is 0 Å². The third-order valence-corrected chi connectivity index (χ3v) is 5.66. The summed E-state index contributed by atoms with van der Waals surface area (Å²) in [7, 11) is 0. The summed E-state index contributed by atoms with van der Waals surface area (Å²) in [5, 5.41) is 10.4. The van der Waals surface area contributed by atoms with Gasteiger partial charge in [0, 0.05) is 44.2 Å². The van der Waals surface area contributed by atoms with E-state index in [2.05, 4.69) is 44.7 Å². The van der Waals surface area contributed by atoms with E-state index in [-0.39, 0.29) is 30.2 Å². The molecule has 1 aromatic heterocycles. The van der Waals surface area contributed by atoms with Crippen LogP contribution in [0.25, 0.3) is 0 Å². The molecule has 3 heterocycles. The molecule has 2 aliphatic heterocycles. The van der Waals surface area contributed by atoms with Crippen molar-refractivity contribution in [2.45, 2.75) is 45.8 Å². The van der Waals surface area contributed by atoms with E-state index in [1.165, 1.54) is 5.56 Å². The van der Waals surface area contributed by atoms with E-state index in [0.717, 1.165) is 37.3 Å². The molecule has 0 radical (unpaired) electrons. The number of hydrogen-bond donors (Lipinski definition) is 2. The molecule has 1 atom stereocenters. The lowest BCUT2D eigenvalue weighted by Gasteiger charge is -2.26. The molecule has 7 heteroatoms. The summed E-state index contributed by atoms with van der Waals surface area (Å²) in [6.45, 7) is 7.05. The Kier molecular flexibility index (Phi) is 5.17. The number of benzene rings is 1. The molecular formula is C21H27N5O2. The van der Waals surface area contributed by atoms with Gasteiger partial charge in [-0.3, -0.25) is 19.6 Å². The molecule has 1 saturated heterocycles. The average Bonchev–Trinajstić information content (AvgIpc) is 3.26. The van der Waals surface area contributed by atoms with Gasteiger partial charge in [0.2, 0.25) is 11.8 Å². The highest BCUT2D eigenvalue weighted by atomic mass is 16.2. The second-order valence-corrected chi connectivity index (χ2v) is 8.01. The molecule has 1 aromatic carbocycles. The molecule has 0 spiro atoms. The summed E-state index contributed by atoms with van der Waals surface area (Å²) in [6.07, 6.45) is 1.12. The molecule has 4 rings (SSSR count). The van der Waals surface area contributed by atoms with Crippen LogP contribution in [-0.2, 0) is 29.1 Å². The van der Waals surface area contributed by atoms with Crippen LogP contribution in [0.1, 0.15) is 37.1 Å². The van der Waals surface area contributed by atoms with Gasteiger partial charge in [-0.15, -0.1) is 0 Å². The van der Waals surface area contributed by atoms with Gasteiger partial charge in [0.25, 0.3) is 0 Å². The Hall–Kier alpha value is -2.67. The lowest BCUT2D eigenvalue weighted by atomic mass is 10.0. The highest BCUT2D eigenvalue weighted by molar-refractivity contribution is 5.97. The van der Waals surface area contributed by atoms with Crippen molar-refractivity contribution in [3.05, 3.63) is 47.2 Å². The second-order valence-electron chi connectivity index (χ2n) is 8.01. The SMILES string of the molecule is CC(C)N1CC(C(=O)Nc2n[nH]c3c2CCN(Cc2ccccc2)C3)CC1=O. The summed E-state index contributed by atoms with van der Waals surface area (Å²) in [6, 6.07) is 10.5. The van der Waals surface area contributed by atoms with E-state index in [0.29, 0.717) is 12.4 Å². The third-order valence-electron chi connectivity index (χ3n) is 5.66. The van der Waals surface area contributed by atoms with Gasteiger partial charge in [0.05, 0.1) is 11.6 Å². The molecule has 0 bridgehead atoms. The van der Waals surface area contributed by atoms with Crippen molar-refractivity contribution >= 4 is 17.6 Å². The number of H-pyrrole nitrogens is 1. The maximum absolute atomic E-state index is 12.7. The van der Waals surface area contributed by atoms with Gasteiger partial charge in [0.1, 0.15) is 0 Å².